The molecule has 4 aromatic rings. The molecule has 0 radical (unpaired) electrons. The van der Waals surface area contributed by atoms with Crippen LogP contribution in [0.4, 0.5) is 5.69 Å². The van der Waals surface area contributed by atoms with Crippen molar-refractivity contribution in [2.24, 2.45) is 0 Å². The van der Waals surface area contributed by atoms with Crippen molar-refractivity contribution in [1.29, 1.82) is 0 Å². The van der Waals surface area contributed by atoms with E-state index in [0.717, 1.165) is 27.0 Å². The molecular formula is C21H17N3O2S. The van der Waals surface area contributed by atoms with Gasteiger partial charge in [0.25, 0.3) is 0 Å². The number of nitrogens with one attached hydrogen (secondary N) is 1. The minimum absolute atomic E-state index is 0.109. The summed E-state index contributed by atoms with van der Waals surface area (Å²) in [6.07, 6.45) is 0. The number of carbonyl (C=O) groups excluding carboxylic acids is 1. The molecule has 27 heavy (non-hydrogen) atoms. The Kier molecular flexibility index (Phi) is 4.56. The lowest BCUT2D eigenvalue weighted by atomic mass is 10.1. The lowest BCUT2D eigenvalue weighted by Gasteiger charge is -2.09. The highest BCUT2D eigenvalue weighted by molar-refractivity contribution is 7.17. The first kappa shape index (κ1) is 17.2. The van der Waals surface area contributed by atoms with Gasteiger partial charge in [-0.3, -0.25) is 4.79 Å². The first-order chi connectivity index (χ1) is 13.1. The normalized spacial score (nSPS) is 10.7. The van der Waals surface area contributed by atoms with Gasteiger partial charge in [-0.2, -0.15) is 4.98 Å². The molecule has 2 aromatic carbocycles. The molecule has 0 fully saturated rings. The third-order valence-electron chi connectivity index (χ3n) is 3.99. The van der Waals surface area contributed by atoms with Gasteiger partial charge in [0.15, 0.2) is 0 Å². The van der Waals surface area contributed by atoms with Crippen LogP contribution in [0.5, 0.6) is 11.6 Å². The minimum atomic E-state index is -0.109. The summed E-state index contributed by atoms with van der Waals surface area (Å²) in [5, 5.41) is 5.73. The molecule has 1 amide bonds. The van der Waals surface area contributed by atoms with Crippen LogP contribution in [-0.4, -0.2) is 15.9 Å². The summed E-state index contributed by atoms with van der Waals surface area (Å²) in [6, 6.07) is 17.4. The van der Waals surface area contributed by atoms with E-state index in [0.29, 0.717) is 17.5 Å². The Morgan fingerprint density at radius 3 is 2.48 bits per heavy atom. The Labute approximate surface area is 160 Å². The van der Waals surface area contributed by atoms with Gasteiger partial charge in [0, 0.05) is 23.6 Å². The molecule has 0 saturated carbocycles. The Morgan fingerprint density at radius 2 is 1.78 bits per heavy atom. The van der Waals surface area contributed by atoms with Crippen LogP contribution in [0, 0.1) is 6.92 Å². The number of hydrogen-bond acceptors (Lipinski definition) is 5. The summed E-state index contributed by atoms with van der Waals surface area (Å²) < 4.78 is 6.10. The molecule has 134 valence electrons. The number of carbonyl (C=O) groups is 1. The van der Waals surface area contributed by atoms with E-state index in [-0.39, 0.29) is 5.91 Å². The Hall–Kier alpha value is -3.25. The number of amides is 1. The number of fused-ring (bicyclic) bond motifs is 1. The predicted octanol–water partition coefficient (Wildman–Crippen LogP) is 5.42. The number of nitrogens with zero attached hydrogens (tertiary/aromatic N) is 2. The maximum Gasteiger partial charge on any atom is 0.231 e. The molecule has 5 nitrogen and oxygen atoms in total. The number of thiophene rings is 1. The highest BCUT2D eigenvalue weighted by Crippen LogP contribution is 2.39. The number of rotatable bonds is 4. The first-order valence-corrected chi connectivity index (χ1v) is 9.35. The van der Waals surface area contributed by atoms with E-state index in [1.807, 2.05) is 37.3 Å². The summed E-state index contributed by atoms with van der Waals surface area (Å²) >= 11 is 1.58. The lowest BCUT2D eigenvalue weighted by molar-refractivity contribution is -0.114. The molecule has 0 aliphatic heterocycles. The number of aromatic nitrogens is 2. The quantitative estimate of drug-likeness (QED) is 0.517. The number of aryl methyl sites for hydroxylation is 1. The molecule has 1 N–H and O–H groups in total. The zero-order chi connectivity index (χ0) is 18.8. The van der Waals surface area contributed by atoms with Crippen molar-refractivity contribution < 1.29 is 9.53 Å². The van der Waals surface area contributed by atoms with Crippen LogP contribution >= 0.6 is 11.3 Å². The van der Waals surface area contributed by atoms with Gasteiger partial charge in [-0.1, -0.05) is 30.3 Å². The summed E-state index contributed by atoms with van der Waals surface area (Å²) in [4.78, 5) is 21.1. The van der Waals surface area contributed by atoms with Gasteiger partial charge >= 0.3 is 0 Å². The van der Waals surface area contributed by atoms with Crippen LogP contribution in [0.1, 0.15) is 12.7 Å². The molecule has 0 unspecified atom stereocenters. The standard InChI is InChI=1S/C21H17N3O2S/c1-13-22-20(26-17-10-8-16(9-11-17)24-14(2)25)19-18(12-27-21(19)23-13)15-6-4-3-5-7-15/h3-12H,1-2H3,(H,24,25). The molecule has 2 heterocycles. The van der Waals surface area contributed by atoms with Gasteiger partial charge in [0.05, 0.1) is 5.39 Å². The van der Waals surface area contributed by atoms with Gasteiger partial charge in [-0.15, -0.1) is 11.3 Å². The molecule has 0 aliphatic rings. The van der Waals surface area contributed by atoms with Crippen molar-refractivity contribution in [3.05, 3.63) is 65.8 Å². The highest BCUT2D eigenvalue weighted by atomic mass is 32.1. The van der Waals surface area contributed by atoms with E-state index < -0.39 is 0 Å². The first-order valence-electron chi connectivity index (χ1n) is 8.47. The van der Waals surface area contributed by atoms with Crippen LogP contribution < -0.4 is 10.1 Å². The molecule has 0 bridgehead atoms. The van der Waals surface area contributed by atoms with Gasteiger partial charge < -0.3 is 10.1 Å². The van der Waals surface area contributed by atoms with Crippen LogP contribution in [0.2, 0.25) is 0 Å². The fourth-order valence-electron chi connectivity index (χ4n) is 2.84. The third kappa shape index (κ3) is 3.66. The van der Waals surface area contributed by atoms with Gasteiger partial charge in [-0.05, 0) is 36.8 Å². The molecular weight excluding hydrogens is 358 g/mol. The van der Waals surface area contributed by atoms with Crippen LogP contribution in [-0.2, 0) is 4.79 Å². The van der Waals surface area contributed by atoms with E-state index in [9.17, 15) is 4.79 Å². The fourth-order valence-corrected chi connectivity index (χ4v) is 3.82. The number of anilines is 1. The van der Waals surface area contributed by atoms with Crippen LogP contribution in [0.15, 0.2) is 60.0 Å². The monoisotopic (exact) mass is 375 g/mol. The lowest BCUT2D eigenvalue weighted by Crippen LogP contribution is -2.05. The SMILES string of the molecule is CC(=O)Nc1ccc(Oc2nc(C)nc3scc(-c4ccccc4)c23)cc1. The smallest absolute Gasteiger partial charge is 0.231 e. The van der Waals surface area contributed by atoms with Gasteiger partial charge in [0.1, 0.15) is 16.4 Å². The predicted molar refractivity (Wildman–Crippen MR) is 108 cm³/mol. The van der Waals surface area contributed by atoms with Crippen LogP contribution in [0.25, 0.3) is 21.3 Å². The minimum Gasteiger partial charge on any atom is -0.438 e. The van der Waals surface area contributed by atoms with E-state index in [4.69, 9.17) is 4.74 Å². The second-order valence-corrected chi connectivity index (χ2v) is 6.94. The molecule has 0 spiro atoms. The van der Waals surface area contributed by atoms with Crippen molar-refractivity contribution in [3.63, 3.8) is 0 Å². The number of hydrogen-bond donors (Lipinski definition) is 1. The molecule has 0 atom stereocenters. The van der Waals surface area contributed by atoms with E-state index in [1.54, 1.807) is 23.5 Å². The van der Waals surface area contributed by atoms with Gasteiger partial charge in [0.2, 0.25) is 11.8 Å². The molecule has 4 rings (SSSR count). The summed E-state index contributed by atoms with van der Waals surface area (Å²) in [7, 11) is 0. The Bertz CT molecular complexity index is 1110. The Balaban J connectivity index is 1.75. The molecule has 6 heteroatoms. The van der Waals surface area contributed by atoms with Crippen molar-refractivity contribution >= 4 is 33.1 Å². The number of ether oxygens (including phenoxy) is 1. The van der Waals surface area contributed by atoms with Crippen molar-refractivity contribution in [2.45, 2.75) is 13.8 Å². The number of benzene rings is 2. The zero-order valence-electron chi connectivity index (χ0n) is 14.9. The zero-order valence-corrected chi connectivity index (χ0v) is 15.7. The second kappa shape index (κ2) is 7.17. The summed E-state index contributed by atoms with van der Waals surface area (Å²) in [5.41, 5.74) is 2.88. The summed E-state index contributed by atoms with van der Waals surface area (Å²) in [5.74, 6) is 1.73. The largest absolute Gasteiger partial charge is 0.438 e. The average molecular weight is 375 g/mol. The summed E-state index contributed by atoms with van der Waals surface area (Å²) in [6.45, 7) is 3.33. The molecule has 2 aromatic heterocycles. The topological polar surface area (TPSA) is 64.1 Å². The van der Waals surface area contributed by atoms with Crippen molar-refractivity contribution in [3.8, 4) is 22.8 Å². The van der Waals surface area contributed by atoms with Crippen LogP contribution in [0.3, 0.4) is 0 Å². The van der Waals surface area contributed by atoms with Crippen molar-refractivity contribution in [2.75, 3.05) is 5.32 Å². The maximum atomic E-state index is 11.2. The van der Waals surface area contributed by atoms with Crippen molar-refractivity contribution in [1.82, 2.24) is 9.97 Å². The average Bonchev–Trinajstić information content (AvgIpc) is 3.07. The van der Waals surface area contributed by atoms with E-state index >= 15 is 0 Å². The van der Waals surface area contributed by atoms with Gasteiger partial charge in [-0.25, -0.2) is 4.98 Å². The van der Waals surface area contributed by atoms with E-state index in [2.05, 4.69) is 32.8 Å². The molecule has 0 aliphatic carbocycles. The maximum absolute atomic E-state index is 11.2. The second-order valence-electron chi connectivity index (χ2n) is 6.08. The highest BCUT2D eigenvalue weighted by Gasteiger charge is 2.16. The Morgan fingerprint density at radius 1 is 1.04 bits per heavy atom. The molecule has 0 saturated heterocycles. The van der Waals surface area contributed by atoms with E-state index in [1.165, 1.54) is 6.92 Å². The fraction of sp³-hybridized carbons (Fsp3) is 0.0952. The third-order valence-corrected chi connectivity index (χ3v) is 4.86.